The number of hydrogen-bond acceptors (Lipinski definition) is 3. The molecule has 118 valence electrons. The van der Waals surface area contributed by atoms with Crippen molar-refractivity contribution in [3.63, 3.8) is 0 Å². The summed E-state index contributed by atoms with van der Waals surface area (Å²) >= 11 is 0. The first-order valence-electron chi connectivity index (χ1n) is 8.37. The molecule has 3 N–H and O–H groups in total. The topological polar surface area (TPSA) is 64.3 Å². The molecule has 4 nitrogen and oxygen atoms in total. The van der Waals surface area contributed by atoms with Crippen LogP contribution in [0.25, 0.3) is 0 Å². The number of unbranched alkanes of at least 4 members (excludes halogenated alkanes) is 1. The third-order valence-electron chi connectivity index (χ3n) is 4.11. The quantitative estimate of drug-likeness (QED) is 0.684. The first-order valence-corrected chi connectivity index (χ1v) is 8.37. The predicted molar refractivity (Wildman–Crippen MR) is 82.5 cm³/mol. The lowest BCUT2D eigenvalue weighted by molar-refractivity contribution is -0.139. The van der Waals surface area contributed by atoms with Gasteiger partial charge in [-0.25, -0.2) is 0 Å². The van der Waals surface area contributed by atoms with E-state index in [4.69, 9.17) is 10.5 Å². The minimum Gasteiger partial charge on any atom is -0.365 e. The molecule has 0 bridgehead atoms. The van der Waals surface area contributed by atoms with Crippen LogP contribution in [0.3, 0.4) is 0 Å². The summed E-state index contributed by atoms with van der Waals surface area (Å²) in [5, 5.41) is 3.05. The van der Waals surface area contributed by atoms with Gasteiger partial charge in [0.2, 0.25) is 5.91 Å². The fraction of sp³-hybridized carbons (Fsp3) is 0.938. The minimum absolute atomic E-state index is 0.0182. The molecule has 0 aromatic carbocycles. The van der Waals surface area contributed by atoms with Gasteiger partial charge in [0, 0.05) is 12.6 Å². The Balaban J connectivity index is 2.39. The molecule has 0 saturated heterocycles. The number of carbonyl (C=O) groups is 1. The molecule has 1 aliphatic carbocycles. The van der Waals surface area contributed by atoms with Gasteiger partial charge in [0.15, 0.2) is 0 Å². The highest BCUT2D eigenvalue weighted by Gasteiger charge is 2.24. The molecule has 1 amide bonds. The standard InChI is InChI=1S/C16H32N2O2/c1-3-5-9-13(12-17)18-16(19)15(4-2)20-14-10-7-6-8-11-14/h13-15H,3-12,17H2,1-2H3,(H,18,19). The lowest BCUT2D eigenvalue weighted by atomic mass is 9.97. The summed E-state index contributed by atoms with van der Waals surface area (Å²) in [6, 6.07) is 0.0893. The maximum atomic E-state index is 12.3. The van der Waals surface area contributed by atoms with Crippen LogP contribution in [0.15, 0.2) is 0 Å². The third kappa shape index (κ3) is 6.23. The third-order valence-corrected chi connectivity index (χ3v) is 4.11. The van der Waals surface area contributed by atoms with Crippen LogP contribution >= 0.6 is 0 Å². The smallest absolute Gasteiger partial charge is 0.249 e. The van der Waals surface area contributed by atoms with Gasteiger partial charge < -0.3 is 15.8 Å². The number of hydrogen-bond donors (Lipinski definition) is 2. The Kier molecular flexibility index (Phi) is 8.86. The summed E-state index contributed by atoms with van der Waals surface area (Å²) < 4.78 is 6.00. The van der Waals surface area contributed by atoms with Gasteiger partial charge in [0.1, 0.15) is 6.10 Å². The van der Waals surface area contributed by atoms with Crippen molar-refractivity contribution in [2.45, 2.75) is 89.9 Å². The molecule has 20 heavy (non-hydrogen) atoms. The van der Waals surface area contributed by atoms with E-state index in [0.29, 0.717) is 6.54 Å². The van der Waals surface area contributed by atoms with Crippen molar-refractivity contribution in [2.24, 2.45) is 5.73 Å². The largest absolute Gasteiger partial charge is 0.365 e. The van der Waals surface area contributed by atoms with Crippen LogP contribution in [0.1, 0.15) is 71.6 Å². The number of rotatable bonds is 9. The Hall–Kier alpha value is -0.610. The summed E-state index contributed by atoms with van der Waals surface area (Å²) in [4.78, 5) is 12.3. The SMILES string of the molecule is CCCCC(CN)NC(=O)C(CC)OC1CCCCC1. The molecule has 1 saturated carbocycles. The summed E-state index contributed by atoms with van der Waals surface area (Å²) in [6.45, 7) is 4.67. The van der Waals surface area contributed by atoms with Gasteiger partial charge in [0.05, 0.1) is 6.10 Å². The molecular formula is C16H32N2O2. The first kappa shape index (κ1) is 17.4. The Morgan fingerprint density at radius 3 is 2.55 bits per heavy atom. The zero-order chi connectivity index (χ0) is 14.8. The molecule has 1 rings (SSSR count). The maximum Gasteiger partial charge on any atom is 0.249 e. The molecule has 2 unspecified atom stereocenters. The number of nitrogens with one attached hydrogen (secondary N) is 1. The molecular weight excluding hydrogens is 252 g/mol. The van der Waals surface area contributed by atoms with Gasteiger partial charge in [-0.1, -0.05) is 46.0 Å². The van der Waals surface area contributed by atoms with Crippen molar-refractivity contribution >= 4 is 5.91 Å². The van der Waals surface area contributed by atoms with Crippen LogP contribution in [0.4, 0.5) is 0 Å². The second kappa shape index (κ2) is 10.2. The predicted octanol–water partition coefficient (Wildman–Crippen LogP) is 2.75. The fourth-order valence-corrected chi connectivity index (χ4v) is 2.77. The zero-order valence-corrected chi connectivity index (χ0v) is 13.2. The van der Waals surface area contributed by atoms with Gasteiger partial charge in [0.25, 0.3) is 0 Å². The van der Waals surface area contributed by atoms with Crippen LogP contribution in [-0.2, 0) is 9.53 Å². The number of amides is 1. The average molecular weight is 284 g/mol. The van der Waals surface area contributed by atoms with Gasteiger partial charge in [-0.3, -0.25) is 4.79 Å². The van der Waals surface area contributed by atoms with Crippen molar-refractivity contribution in [3.05, 3.63) is 0 Å². The molecule has 1 fully saturated rings. The van der Waals surface area contributed by atoms with E-state index in [1.807, 2.05) is 6.92 Å². The van der Waals surface area contributed by atoms with Gasteiger partial charge >= 0.3 is 0 Å². The molecule has 4 heteroatoms. The van der Waals surface area contributed by atoms with Crippen molar-refractivity contribution in [1.82, 2.24) is 5.32 Å². The number of carbonyl (C=O) groups excluding carboxylic acids is 1. The summed E-state index contributed by atoms with van der Waals surface area (Å²) in [7, 11) is 0. The summed E-state index contributed by atoms with van der Waals surface area (Å²) in [6.07, 6.45) is 9.82. The average Bonchev–Trinajstić information content (AvgIpc) is 2.49. The highest BCUT2D eigenvalue weighted by Crippen LogP contribution is 2.22. The van der Waals surface area contributed by atoms with Crippen LogP contribution in [0.2, 0.25) is 0 Å². The van der Waals surface area contributed by atoms with Crippen molar-refractivity contribution in [2.75, 3.05) is 6.54 Å². The molecule has 0 spiro atoms. The normalized spacial score (nSPS) is 19.6. The highest BCUT2D eigenvalue weighted by atomic mass is 16.5. The lowest BCUT2D eigenvalue weighted by Crippen LogP contribution is -2.46. The van der Waals surface area contributed by atoms with E-state index in [1.165, 1.54) is 19.3 Å². The van der Waals surface area contributed by atoms with E-state index in [1.54, 1.807) is 0 Å². The number of ether oxygens (including phenoxy) is 1. The second-order valence-electron chi connectivity index (χ2n) is 5.88. The van der Waals surface area contributed by atoms with E-state index < -0.39 is 0 Å². The van der Waals surface area contributed by atoms with Gasteiger partial charge in [-0.05, 0) is 25.7 Å². The van der Waals surface area contributed by atoms with Crippen molar-refractivity contribution in [3.8, 4) is 0 Å². The molecule has 0 aromatic heterocycles. The van der Waals surface area contributed by atoms with Gasteiger partial charge in [-0.2, -0.15) is 0 Å². The molecule has 2 atom stereocenters. The van der Waals surface area contributed by atoms with Crippen molar-refractivity contribution < 1.29 is 9.53 Å². The maximum absolute atomic E-state index is 12.3. The lowest BCUT2D eigenvalue weighted by Gasteiger charge is -2.27. The summed E-state index contributed by atoms with van der Waals surface area (Å²) in [5.74, 6) is 0.0182. The van der Waals surface area contributed by atoms with E-state index in [2.05, 4.69) is 12.2 Å². The monoisotopic (exact) mass is 284 g/mol. The van der Waals surface area contributed by atoms with Crippen LogP contribution in [0.5, 0.6) is 0 Å². The highest BCUT2D eigenvalue weighted by molar-refractivity contribution is 5.81. The number of nitrogens with two attached hydrogens (primary N) is 1. The Morgan fingerprint density at radius 2 is 2.00 bits per heavy atom. The molecule has 0 aromatic rings. The Morgan fingerprint density at radius 1 is 1.30 bits per heavy atom. The second-order valence-corrected chi connectivity index (χ2v) is 5.88. The van der Waals surface area contributed by atoms with E-state index in [9.17, 15) is 4.79 Å². The van der Waals surface area contributed by atoms with Crippen molar-refractivity contribution in [1.29, 1.82) is 0 Å². The molecule has 0 heterocycles. The Labute approximate surface area is 123 Å². The first-order chi connectivity index (χ1) is 9.71. The van der Waals surface area contributed by atoms with Gasteiger partial charge in [-0.15, -0.1) is 0 Å². The van der Waals surface area contributed by atoms with Crippen LogP contribution in [-0.4, -0.2) is 30.7 Å². The minimum atomic E-state index is -0.311. The van der Waals surface area contributed by atoms with E-state index >= 15 is 0 Å². The molecule has 0 aliphatic heterocycles. The Bertz CT molecular complexity index is 265. The molecule has 1 aliphatic rings. The fourth-order valence-electron chi connectivity index (χ4n) is 2.77. The van der Waals surface area contributed by atoms with Crippen LogP contribution in [0, 0.1) is 0 Å². The summed E-state index contributed by atoms with van der Waals surface area (Å²) in [5.41, 5.74) is 5.73. The van der Waals surface area contributed by atoms with E-state index in [-0.39, 0.29) is 24.2 Å². The van der Waals surface area contributed by atoms with E-state index in [0.717, 1.165) is 38.5 Å². The zero-order valence-electron chi connectivity index (χ0n) is 13.2. The van der Waals surface area contributed by atoms with Crippen LogP contribution < -0.4 is 11.1 Å². The molecule has 0 radical (unpaired) electrons.